The first kappa shape index (κ1) is 55.0. The number of guanidine groups is 1. The summed E-state index contributed by atoms with van der Waals surface area (Å²) in [6.45, 7) is 2.90. The molecule has 70 heavy (non-hydrogen) atoms. The number of carbonyl (C=O) groups excluding carboxylic acids is 9. The minimum absolute atomic E-state index is 0.0118. The van der Waals surface area contributed by atoms with Gasteiger partial charge in [0.15, 0.2) is 5.96 Å². The fourth-order valence-corrected chi connectivity index (χ4v) is 7.82. The number of H-pyrrole nitrogens is 1. The van der Waals surface area contributed by atoms with Crippen molar-refractivity contribution in [3.63, 3.8) is 0 Å². The smallest absolute Gasteiger partial charge is 0.243 e. The molecule has 0 radical (unpaired) electrons. The number of aliphatic imine (C=N–C) groups is 1. The summed E-state index contributed by atoms with van der Waals surface area (Å²) in [5.41, 5.74) is 24.9. The standard InChI is InChI=1S/C47H68N14O9/c1-3-4-14-32(55-27(2)62)41(65)57-34-17-18-39(63)52-23-20-36(45(69)60-37(40(49)64)25-29-26-54-31-15-9-8-13-30(29)31)59-42(66)33(16-10-22-53-47(50)51)56-46(70)38(24-28-11-6-5-7-12-28)61-44(68)35(19-21-48)58-43(34)67/h5-9,11-13,15,26,32-38,54H,3-4,10,14,16-25,48H2,1-2H3,(H2,49,64)(H,52,63)(H,55,62)(H,56,70)(H,57,65)(H,58,67)(H,59,66)(H,60,69)(H,61,68)(H4,50,51,53). The topological polar surface area (TPSA) is 382 Å². The van der Waals surface area contributed by atoms with Crippen molar-refractivity contribution in [2.24, 2.45) is 27.9 Å². The fraction of sp³-hybridized carbons (Fsp3) is 0.489. The van der Waals surface area contributed by atoms with Gasteiger partial charge >= 0.3 is 0 Å². The lowest BCUT2D eigenvalue weighted by atomic mass is 10.0. The summed E-state index contributed by atoms with van der Waals surface area (Å²) in [6.07, 6.45) is 2.27. The normalized spacial score (nSPS) is 20.6. The summed E-state index contributed by atoms with van der Waals surface area (Å²) in [5.74, 6) is -7.00. The summed E-state index contributed by atoms with van der Waals surface area (Å²) in [7, 11) is 0. The summed E-state index contributed by atoms with van der Waals surface area (Å²) < 4.78 is 0. The van der Waals surface area contributed by atoms with Crippen LogP contribution in [0.4, 0.5) is 0 Å². The lowest BCUT2D eigenvalue weighted by molar-refractivity contribution is -0.135. The van der Waals surface area contributed by atoms with Crippen molar-refractivity contribution in [1.82, 2.24) is 47.5 Å². The zero-order chi connectivity index (χ0) is 51.2. The zero-order valence-electron chi connectivity index (χ0n) is 39.6. The number of nitrogens with one attached hydrogen (secondary N) is 9. The Morgan fingerprint density at radius 3 is 2.11 bits per heavy atom. The van der Waals surface area contributed by atoms with E-state index >= 15 is 0 Å². The quantitative estimate of drug-likeness (QED) is 0.0344. The summed E-state index contributed by atoms with van der Waals surface area (Å²) in [4.78, 5) is 130. The third kappa shape index (κ3) is 17.8. The lowest BCUT2D eigenvalue weighted by Gasteiger charge is -2.27. The Labute approximate surface area is 406 Å². The monoisotopic (exact) mass is 973 g/mol. The molecule has 2 aromatic carbocycles. The van der Waals surface area contributed by atoms with E-state index in [-0.39, 0.29) is 83.4 Å². The van der Waals surface area contributed by atoms with Gasteiger partial charge in [-0.25, -0.2) is 0 Å². The predicted octanol–water partition coefficient (Wildman–Crippen LogP) is -2.26. The van der Waals surface area contributed by atoms with Crippen molar-refractivity contribution in [1.29, 1.82) is 0 Å². The maximum atomic E-state index is 14.4. The second kappa shape index (κ2) is 28.1. The molecule has 7 atom stereocenters. The van der Waals surface area contributed by atoms with E-state index in [9.17, 15) is 43.2 Å². The van der Waals surface area contributed by atoms with Crippen molar-refractivity contribution < 1.29 is 43.2 Å². The number of aromatic amines is 1. The van der Waals surface area contributed by atoms with Crippen LogP contribution in [0, 0.1) is 0 Å². The molecule has 7 unspecified atom stereocenters. The van der Waals surface area contributed by atoms with Gasteiger partial charge < -0.3 is 70.5 Å². The van der Waals surface area contributed by atoms with E-state index < -0.39 is 95.5 Å². The third-order valence-electron chi connectivity index (χ3n) is 11.6. The number of nitrogens with two attached hydrogens (primary N) is 4. The van der Waals surface area contributed by atoms with E-state index in [2.05, 4.69) is 52.5 Å². The SMILES string of the molecule is CCCCC(NC(C)=O)C(=O)NC1CCC(=O)NCCC(C(=O)NC(Cc2c[nH]c3ccccc23)C(N)=O)NC(=O)C(CCCN=C(N)N)NC(=O)C(Cc2ccccc2)NC(=O)C(CCN)NC1=O. The number of hydrogen-bond acceptors (Lipinski definition) is 11. The largest absolute Gasteiger partial charge is 0.370 e. The maximum Gasteiger partial charge on any atom is 0.243 e. The van der Waals surface area contributed by atoms with Crippen LogP contribution in [0.5, 0.6) is 0 Å². The number of primary amides is 1. The fourth-order valence-electron chi connectivity index (χ4n) is 7.82. The molecule has 1 aliphatic heterocycles. The number of fused-ring (bicyclic) bond motifs is 1. The van der Waals surface area contributed by atoms with Gasteiger partial charge in [-0.1, -0.05) is 68.3 Å². The van der Waals surface area contributed by atoms with Gasteiger partial charge in [-0.3, -0.25) is 48.1 Å². The van der Waals surface area contributed by atoms with E-state index in [0.717, 1.165) is 10.9 Å². The molecule has 9 amide bonds. The molecule has 1 saturated heterocycles. The average molecular weight is 973 g/mol. The molecule has 3 aromatic rings. The number of rotatable bonds is 19. The van der Waals surface area contributed by atoms with Crippen LogP contribution in [0.2, 0.25) is 0 Å². The number of unbranched alkanes of at least 4 members (excludes halogenated alkanes) is 1. The van der Waals surface area contributed by atoms with Gasteiger partial charge in [-0.05, 0) is 62.3 Å². The Morgan fingerprint density at radius 2 is 1.43 bits per heavy atom. The molecule has 0 aliphatic carbocycles. The highest BCUT2D eigenvalue weighted by Gasteiger charge is 2.34. The van der Waals surface area contributed by atoms with Gasteiger partial charge in [0.1, 0.15) is 42.3 Å². The number of benzene rings is 2. The van der Waals surface area contributed by atoms with Gasteiger partial charge in [-0.2, -0.15) is 0 Å². The van der Waals surface area contributed by atoms with Crippen molar-refractivity contribution in [3.8, 4) is 0 Å². The van der Waals surface area contributed by atoms with Crippen LogP contribution < -0.4 is 65.5 Å². The maximum absolute atomic E-state index is 14.4. The first-order valence-corrected chi connectivity index (χ1v) is 23.5. The Morgan fingerprint density at radius 1 is 0.771 bits per heavy atom. The molecule has 2 heterocycles. The molecule has 17 N–H and O–H groups in total. The summed E-state index contributed by atoms with van der Waals surface area (Å²) >= 11 is 0. The third-order valence-corrected chi connectivity index (χ3v) is 11.6. The summed E-state index contributed by atoms with van der Waals surface area (Å²) in [5, 5.41) is 22.1. The van der Waals surface area contributed by atoms with Gasteiger partial charge in [0, 0.05) is 56.4 Å². The number of carbonyl (C=O) groups is 9. The molecule has 1 aromatic heterocycles. The van der Waals surface area contributed by atoms with Crippen LogP contribution >= 0.6 is 0 Å². The average Bonchev–Trinajstić information content (AvgIpc) is 3.73. The molecule has 1 aliphatic rings. The van der Waals surface area contributed by atoms with Crippen LogP contribution in [0.15, 0.2) is 65.8 Å². The molecular weight excluding hydrogens is 905 g/mol. The van der Waals surface area contributed by atoms with E-state index in [1.807, 2.05) is 31.2 Å². The van der Waals surface area contributed by atoms with Gasteiger partial charge in [0.25, 0.3) is 0 Å². The molecule has 1 fully saturated rings. The first-order chi connectivity index (χ1) is 33.5. The Bertz CT molecular complexity index is 2320. The highest BCUT2D eigenvalue weighted by atomic mass is 16.2. The molecule has 0 spiro atoms. The molecular formula is C47H68N14O9. The van der Waals surface area contributed by atoms with E-state index in [1.165, 1.54) is 6.92 Å². The van der Waals surface area contributed by atoms with Crippen LogP contribution in [-0.2, 0) is 56.0 Å². The minimum atomic E-state index is -1.43. The number of para-hydroxylation sites is 1. The van der Waals surface area contributed by atoms with Gasteiger partial charge in [0.2, 0.25) is 53.2 Å². The molecule has 4 rings (SSSR count). The van der Waals surface area contributed by atoms with E-state index in [4.69, 9.17) is 22.9 Å². The summed E-state index contributed by atoms with van der Waals surface area (Å²) in [6, 6.07) is 6.87. The molecule has 380 valence electrons. The van der Waals surface area contributed by atoms with Crippen LogP contribution in [0.1, 0.15) is 82.8 Å². The van der Waals surface area contributed by atoms with Crippen LogP contribution in [-0.4, -0.2) is 126 Å². The minimum Gasteiger partial charge on any atom is -0.370 e. The molecule has 0 saturated carbocycles. The number of amides is 9. The van der Waals surface area contributed by atoms with Crippen molar-refractivity contribution >= 4 is 70.0 Å². The van der Waals surface area contributed by atoms with Crippen LogP contribution in [0.25, 0.3) is 10.9 Å². The molecule has 0 bridgehead atoms. The van der Waals surface area contributed by atoms with Crippen molar-refractivity contribution in [3.05, 3.63) is 71.9 Å². The van der Waals surface area contributed by atoms with E-state index in [1.54, 1.807) is 36.5 Å². The molecule has 23 nitrogen and oxygen atoms in total. The second-order valence-electron chi connectivity index (χ2n) is 17.1. The number of nitrogens with zero attached hydrogens (tertiary/aromatic N) is 1. The lowest BCUT2D eigenvalue weighted by Crippen LogP contribution is -2.60. The first-order valence-electron chi connectivity index (χ1n) is 23.5. The number of aromatic nitrogens is 1. The number of hydrogen-bond donors (Lipinski definition) is 13. The second-order valence-corrected chi connectivity index (χ2v) is 17.1. The van der Waals surface area contributed by atoms with Gasteiger partial charge in [0.05, 0.1) is 0 Å². The van der Waals surface area contributed by atoms with E-state index in [0.29, 0.717) is 24.0 Å². The predicted molar refractivity (Wildman–Crippen MR) is 260 cm³/mol. The van der Waals surface area contributed by atoms with Crippen LogP contribution in [0.3, 0.4) is 0 Å². The molecule has 23 heteroatoms. The van der Waals surface area contributed by atoms with Crippen molar-refractivity contribution in [2.75, 3.05) is 19.6 Å². The Kier molecular flexibility index (Phi) is 22.1. The van der Waals surface area contributed by atoms with Crippen molar-refractivity contribution in [2.45, 2.75) is 127 Å². The highest BCUT2D eigenvalue weighted by molar-refractivity contribution is 5.98. The Balaban J connectivity index is 1.73. The zero-order valence-corrected chi connectivity index (χ0v) is 39.6. The Hall–Kier alpha value is -7.56. The highest BCUT2D eigenvalue weighted by Crippen LogP contribution is 2.19. The van der Waals surface area contributed by atoms with Gasteiger partial charge in [-0.15, -0.1) is 0 Å².